The average Bonchev–Trinajstić information content (AvgIpc) is 2.51. The van der Waals surface area contributed by atoms with Crippen LogP contribution in [-0.4, -0.2) is 45.3 Å². The highest BCUT2D eigenvalue weighted by atomic mass is 19.1. The molecule has 122 valence electrons. The molecule has 0 spiro atoms. The molecule has 1 heterocycles. The predicted octanol–water partition coefficient (Wildman–Crippen LogP) is 2.59. The van der Waals surface area contributed by atoms with Gasteiger partial charge in [0.25, 0.3) is 0 Å². The molecule has 0 bridgehead atoms. The zero-order chi connectivity index (χ0) is 15.5. The zero-order valence-corrected chi connectivity index (χ0v) is 13.4. The molecule has 22 heavy (non-hydrogen) atoms. The summed E-state index contributed by atoms with van der Waals surface area (Å²) in [5.41, 5.74) is 0.754. The monoisotopic (exact) mass is 308 g/mol. The lowest BCUT2D eigenvalue weighted by Crippen LogP contribution is -2.48. The number of nitrogens with one attached hydrogen (secondary N) is 1. The van der Waals surface area contributed by atoms with Gasteiger partial charge in [-0.25, -0.2) is 4.39 Å². The van der Waals surface area contributed by atoms with E-state index in [2.05, 4.69) is 10.2 Å². The highest BCUT2D eigenvalue weighted by molar-refractivity contribution is 5.45. The quantitative estimate of drug-likeness (QED) is 0.906. The molecule has 1 aromatic carbocycles. The van der Waals surface area contributed by atoms with Gasteiger partial charge in [0.05, 0.1) is 14.2 Å². The van der Waals surface area contributed by atoms with Crippen molar-refractivity contribution in [1.82, 2.24) is 10.2 Å². The molecule has 1 saturated carbocycles. The highest BCUT2D eigenvalue weighted by Gasteiger charge is 2.35. The van der Waals surface area contributed by atoms with Gasteiger partial charge in [0.15, 0.2) is 11.5 Å². The van der Waals surface area contributed by atoms with Crippen LogP contribution in [0.25, 0.3) is 0 Å². The van der Waals surface area contributed by atoms with Crippen LogP contribution in [0.5, 0.6) is 11.5 Å². The SMILES string of the molecule is COc1cc(F)c([C@@H](C2CCC2)N2CCNCC2)cc1OC. The van der Waals surface area contributed by atoms with Crippen molar-refractivity contribution in [2.75, 3.05) is 40.4 Å². The minimum atomic E-state index is -0.187. The van der Waals surface area contributed by atoms with Gasteiger partial charge >= 0.3 is 0 Å². The Balaban J connectivity index is 1.95. The Labute approximate surface area is 131 Å². The molecule has 2 aliphatic rings. The lowest BCUT2D eigenvalue weighted by molar-refractivity contribution is 0.0809. The summed E-state index contributed by atoms with van der Waals surface area (Å²) in [6.45, 7) is 3.88. The number of ether oxygens (including phenoxy) is 2. The van der Waals surface area contributed by atoms with Crippen molar-refractivity contribution >= 4 is 0 Å². The Morgan fingerprint density at radius 1 is 1.14 bits per heavy atom. The summed E-state index contributed by atoms with van der Waals surface area (Å²) in [4.78, 5) is 2.42. The Morgan fingerprint density at radius 3 is 2.32 bits per heavy atom. The van der Waals surface area contributed by atoms with Crippen LogP contribution in [0.4, 0.5) is 4.39 Å². The number of hydrogen-bond donors (Lipinski definition) is 1. The number of rotatable bonds is 5. The highest BCUT2D eigenvalue weighted by Crippen LogP contribution is 2.44. The first kappa shape index (κ1) is 15.6. The first-order valence-electron chi connectivity index (χ1n) is 8.10. The second-order valence-electron chi connectivity index (χ2n) is 6.15. The topological polar surface area (TPSA) is 33.7 Å². The summed E-state index contributed by atoms with van der Waals surface area (Å²) >= 11 is 0. The van der Waals surface area contributed by atoms with Crippen LogP contribution in [0, 0.1) is 11.7 Å². The van der Waals surface area contributed by atoms with E-state index >= 15 is 0 Å². The molecule has 3 rings (SSSR count). The number of halogens is 1. The predicted molar refractivity (Wildman–Crippen MR) is 84.0 cm³/mol. The summed E-state index contributed by atoms with van der Waals surface area (Å²) in [5.74, 6) is 1.42. The van der Waals surface area contributed by atoms with Gasteiger partial charge in [-0.3, -0.25) is 4.90 Å². The van der Waals surface area contributed by atoms with Crippen molar-refractivity contribution in [3.63, 3.8) is 0 Å². The van der Waals surface area contributed by atoms with E-state index < -0.39 is 0 Å². The average molecular weight is 308 g/mol. The summed E-state index contributed by atoms with van der Waals surface area (Å²) in [6.07, 6.45) is 3.62. The zero-order valence-electron chi connectivity index (χ0n) is 13.4. The van der Waals surface area contributed by atoms with Crippen molar-refractivity contribution < 1.29 is 13.9 Å². The van der Waals surface area contributed by atoms with E-state index in [1.165, 1.54) is 32.4 Å². The third kappa shape index (κ3) is 2.92. The summed E-state index contributed by atoms with van der Waals surface area (Å²) in [6, 6.07) is 3.44. The molecular weight excluding hydrogens is 283 g/mol. The van der Waals surface area contributed by atoms with Gasteiger partial charge in [0.2, 0.25) is 0 Å². The summed E-state index contributed by atoms with van der Waals surface area (Å²) in [5, 5.41) is 3.37. The van der Waals surface area contributed by atoms with Crippen LogP contribution in [-0.2, 0) is 0 Å². The molecule has 1 saturated heterocycles. The number of piperazine rings is 1. The Bertz CT molecular complexity index is 514. The molecular formula is C17H25FN2O2. The lowest BCUT2D eigenvalue weighted by atomic mass is 9.76. The minimum absolute atomic E-state index is 0.149. The molecule has 2 fully saturated rings. The van der Waals surface area contributed by atoms with E-state index in [0.29, 0.717) is 17.4 Å². The van der Waals surface area contributed by atoms with Crippen LogP contribution >= 0.6 is 0 Å². The minimum Gasteiger partial charge on any atom is -0.493 e. The van der Waals surface area contributed by atoms with Crippen molar-refractivity contribution in [3.8, 4) is 11.5 Å². The van der Waals surface area contributed by atoms with Crippen LogP contribution in [0.2, 0.25) is 0 Å². The standard InChI is InChI=1S/C17H25FN2O2/c1-21-15-10-13(14(18)11-16(15)22-2)17(12-4-3-5-12)20-8-6-19-7-9-20/h10-12,17,19H,3-9H2,1-2H3/t17-/m1/s1. The number of hydrogen-bond acceptors (Lipinski definition) is 4. The van der Waals surface area contributed by atoms with Gasteiger partial charge in [-0.05, 0) is 24.8 Å². The summed E-state index contributed by atoms with van der Waals surface area (Å²) < 4.78 is 25.3. The van der Waals surface area contributed by atoms with Crippen LogP contribution in [0.1, 0.15) is 30.9 Å². The van der Waals surface area contributed by atoms with Gasteiger partial charge < -0.3 is 14.8 Å². The number of methoxy groups -OCH3 is 2. The van der Waals surface area contributed by atoms with Crippen molar-refractivity contribution in [3.05, 3.63) is 23.5 Å². The van der Waals surface area contributed by atoms with E-state index in [-0.39, 0.29) is 11.9 Å². The largest absolute Gasteiger partial charge is 0.493 e. The lowest BCUT2D eigenvalue weighted by Gasteiger charge is -2.43. The molecule has 1 atom stereocenters. The third-order valence-electron chi connectivity index (χ3n) is 4.96. The van der Waals surface area contributed by atoms with Crippen molar-refractivity contribution in [2.45, 2.75) is 25.3 Å². The van der Waals surface area contributed by atoms with Crippen molar-refractivity contribution in [1.29, 1.82) is 0 Å². The molecule has 1 aromatic rings. The normalized spacial score (nSPS) is 21.2. The maximum absolute atomic E-state index is 14.7. The molecule has 1 aliphatic carbocycles. The first-order valence-corrected chi connectivity index (χ1v) is 8.10. The maximum atomic E-state index is 14.7. The fourth-order valence-electron chi connectivity index (χ4n) is 3.56. The molecule has 0 amide bonds. The third-order valence-corrected chi connectivity index (χ3v) is 4.96. The van der Waals surface area contributed by atoms with E-state index in [0.717, 1.165) is 31.7 Å². The Hall–Kier alpha value is -1.33. The maximum Gasteiger partial charge on any atom is 0.163 e. The van der Waals surface area contributed by atoms with Crippen LogP contribution < -0.4 is 14.8 Å². The van der Waals surface area contributed by atoms with Gasteiger partial charge in [0.1, 0.15) is 5.82 Å². The van der Waals surface area contributed by atoms with Crippen molar-refractivity contribution in [2.24, 2.45) is 5.92 Å². The van der Waals surface area contributed by atoms with Gasteiger partial charge in [-0.15, -0.1) is 0 Å². The van der Waals surface area contributed by atoms with Gasteiger partial charge in [-0.1, -0.05) is 6.42 Å². The fraction of sp³-hybridized carbons (Fsp3) is 0.647. The van der Waals surface area contributed by atoms with E-state index in [9.17, 15) is 4.39 Å². The molecule has 0 unspecified atom stereocenters. The van der Waals surface area contributed by atoms with Crippen LogP contribution in [0.3, 0.4) is 0 Å². The van der Waals surface area contributed by atoms with E-state index in [1.807, 2.05) is 6.07 Å². The van der Waals surface area contributed by atoms with E-state index in [1.54, 1.807) is 7.11 Å². The molecule has 0 aromatic heterocycles. The molecule has 5 heteroatoms. The second kappa shape index (κ2) is 6.84. The molecule has 4 nitrogen and oxygen atoms in total. The number of benzene rings is 1. The Morgan fingerprint density at radius 2 is 1.77 bits per heavy atom. The Kier molecular flexibility index (Phi) is 4.84. The van der Waals surface area contributed by atoms with E-state index in [4.69, 9.17) is 9.47 Å². The smallest absolute Gasteiger partial charge is 0.163 e. The number of nitrogens with zero attached hydrogens (tertiary/aromatic N) is 1. The van der Waals surface area contributed by atoms with Gasteiger partial charge in [0, 0.05) is 43.9 Å². The van der Waals surface area contributed by atoms with Crippen LogP contribution in [0.15, 0.2) is 12.1 Å². The van der Waals surface area contributed by atoms with Gasteiger partial charge in [-0.2, -0.15) is 0 Å². The fourth-order valence-corrected chi connectivity index (χ4v) is 3.56. The first-order chi connectivity index (χ1) is 10.7. The molecule has 1 aliphatic heterocycles. The molecule has 1 N–H and O–H groups in total. The summed E-state index contributed by atoms with van der Waals surface area (Å²) in [7, 11) is 3.14. The molecule has 0 radical (unpaired) electrons. The second-order valence-corrected chi connectivity index (χ2v) is 6.15.